The van der Waals surface area contributed by atoms with Gasteiger partial charge in [0.05, 0.1) is 5.75 Å². The molecule has 3 rings (SSSR count). The number of likely N-dealkylation sites (tertiary alicyclic amines) is 1. The summed E-state index contributed by atoms with van der Waals surface area (Å²) in [6.07, 6.45) is 3.36. The van der Waals surface area contributed by atoms with Crippen molar-refractivity contribution in [3.05, 3.63) is 33.8 Å². The van der Waals surface area contributed by atoms with Crippen LogP contribution in [0.25, 0.3) is 0 Å². The highest BCUT2D eigenvalue weighted by molar-refractivity contribution is 7.88. The number of amides is 1. The maximum absolute atomic E-state index is 12.8. The topological polar surface area (TPSA) is 57.7 Å². The largest absolute Gasteiger partial charge is 0.342 e. The van der Waals surface area contributed by atoms with Crippen LogP contribution in [0.2, 0.25) is 10.0 Å². The molecule has 1 atom stereocenters. The summed E-state index contributed by atoms with van der Waals surface area (Å²) in [6, 6.07) is 4.98. The van der Waals surface area contributed by atoms with Crippen molar-refractivity contribution in [3.8, 4) is 0 Å². The molecule has 0 saturated carbocycles. The predicted octanol–water partition coefficient (Wildman–Crippen LogP) is 3.79. The number of hydrogen-bond donors (Lipinski definition) is 0. The van der Waals surface area contributed by atoms with Gasteiger partial charge in [-0.25, -0.2) is 12.7 Å². The van der Waals surface area contributed by atoms with E-state index < -0.39 is 10.0 Å². The maximum atomic E-state index is 12.8. The Bertz CT molecular complexity index is 772. The average Bonchev–Trinajstić information content (AvgIpc) is 2.64. The first-order valence-corrected chi connectivity index (χ1v) is 11.8. The van der Waals surface area contributed by atoms with Gasteiger partial charge in [-0.15, -0.1) is 0 Å². The molecule has 0 spiro atoms. The Balaban J connectivity index is 1.60. The summed E-state index contributed by atoms with van der Waals surface area (Å²) < 4.78 is 27.1. The van der Waals surface area contributed by atoms with Gasteiger partial charge in [-0.1, -0.05) is 36.2 Å². The lowest BCUT2D eigenvalue weighted by atomic mass is 9.93. The highest BCUT2D eigenvalue weighted by Gasteiger charge is 2.34. The molecule has 2 aliphatic rings. The van der Waals surface area contributed by atoms with Gasteiger partial charge >= 0.3 is 0 Å². The van der Waals surface area contributed by atoms with Gasteiger partial charge in [0.2, 0.25) is 15.9 Å². The van der Waals surface area contributed by atoms with Gasteiger partial charge < -0.3 is 4.90 Å². The van der Waals surface area contributed by atoms with E-state index in [4.69, 9.17) is 23.2 Å². The summed E-state index contributed by atoms with van der Waals surface area (Å²) in [6.45, 7) is 4.55. The van der Waals surface area contributed by atoms with Crippen LogP contribution in [0.1, 0.15) is 38.2 Å². The molecular weight excluding hydrogens is 407 g/mol. The van der Waals surface area contributed by atoms with Crippen molar-refractivity contribution in [2.75, 3.05) is 26.2 Å². The smallest absolute Gasteiger partial charge is 0.225 e. The summed E-state index contributed by atoms with van der Waals surface area (Å²) in [5.74, 6) is 0.440. The fraction of sp³-hybridized carbons (Fsp3) is 0.632. The van der Waals surface area contributed by atoms with Gasteiger partial charge in [-0.05, 0) is 43.7 Å². The van der Waals surface area contributed by atoms with Crippen molar-refractivity contribution >= 4 is 39.1 Å². The van der Waals surface area contributed by atoms with E-state index in [1.807, 2.05) is 4.90 Å². The van der Waals surface area contributed by atoms with Crippen LogP contribution in [-0.2, 0) is 20.6 Å². The Morgan fingerprint density at radius 3 is 2.33 bits per heavy atom. The zero-order valence-electron chi connectivity index (χ0n) is 15.5. The molecule has 2 saturated heterocycles. The molecule has 5 nitrogen and oxygen atoms in total. The van der Waals surface area contributed by atoms with Crippen LogP contribution in [0.5, 0.6) is 0 Å². The lowest BCUT2D eigenvalue weighted by Gasteiger charge is -2.36. The second-order valence-corrected chi connectivity index (χ2v) is 10.4. The van der Waals surface area contributed by atoms with Crippen LogP contribution >= 0.6 is 23.2 Å². The van der Waals surface area contributed by atoms with Crippen molar-refractivity contribution < 1.29 is 13.2 Å². The number of sulfonamides is 1. The quantitative estimate of drug-likeness (QED) is 0.726. The number of piperidine rings is 2. The summed E-state index contributed by atoms with van der Waals surface area (Å²) in [4.78, 5) is 14.7. The predicted molar refractivity (Wildman–Crippen MR) is 108 cm³/mol. The van der Waals surface area contributed by atoms with Crippen molar-refractivity contribution in [2.45, 2.75) is 38.4 Å². The zero-order valence-corrected chi connectivity index (χ0v) is 17.9. The summed E-state index contributed by atoms with van der Waals surface area (Å²) >= 11 is 12.2. The molecule has 1 amide bonds. The number of rotatable bonds is 4. The van der Waals surface area contributed by atoms with E-state index >= 15 is 0 Å². The Hall–Kier alpha value is -0.820. The Labute approximate surface area is 171 Å². The Morgan fingerprint density at radius 2 is 1.74 bits per heavy atom. The molecule has 1 aromatic carbocycles. The summed E-state index contributed by atoms with van der Waals surface area (Å²) in [7, 11) is -3.52. The normalized spacial score (nSPS) is 22.8. The molecule has 0 bridgehead atoms. The third-order valence-corrected chi connectivity index (χ3v) is 8.07. The van der Waals surface area contributed by atoms with E-state index in [2.05, 4.69) is 6.92 Å². The van der Waals surface area contributed by atoms with E-state index in [-0.39, 0.29) is 17.6 Å². The highest BCUT2D eigenvalue weighted by Crippen LogP contribution is 2.29. The molecule has 0 radical (unpaired) electrons. The molecule has 0 aliphatic carbocycles. The number of carbonyl (C=O) groups is 1. The molecule has 0 N–H and O–H groups in total. The van der Waals surface area contributed by atoms with Crippen molar-refractivity contribution in [3.63, 3.8) is 0 Å². The first-order chi connectivity index (χ1) is 12.8. The Kier molecular flexibility index (Phi) is 6.72. The zero-order chi connectivity index (χ0) is 19.6. The summed E-state index contributed by atoms with van der Waals surface area (Å²) in [5.41, 5.74) is 0.432. The molecule has 150 valence electrons. The minimum absolute atomic E-state index is 0.0781. The van der Waals surface area contributed by atoms with Crippen molar-refractivity contribution in [1.82, 2.24) is 9.21 Å². The molecule has 1 aromatic rings. The maximum Gasteiger partial charge on any atom is 0.225 e. The van der Waals surface area contributed by atoms with E-state index in [0.29, 0.717) is 47.5 Å². The molecule has 2 aliphatic heterocycles. The average molecular weight is 433 g/mol. The minimum Gasteiger partial charge on any atom is -0.342 e. The second-order valence-electron chi connectivity index (χ2n) is 7.66. The fourth-order valence-electron chi connectivity index (χ4n) is 3.97. The van der Waals surface area contributed by atoms with Gasteiger partial charge in [-0.2, -0.15) is 0 Å². The third kappa shape index (κ3) is 4.97. The SMILES string of the molecule is C[C@@H]1CCCN(C(=O)C2CCN(S(=O)(=O)Cc3c(Cl)cccc3Cl)CC2)C1. The molecule has 27 heavy (non-hydrogen) atoms. The first-order valence-electron chi connectivity index (χ1n) is 9.47. The fourth-order valence-corrected chi connectivity index (χ4v) is 6.29. The first kappa shape index (κ1) is 20.9. The van der Waals surface area contributed by atoms with Gasteiger partial charge in [0.15, 0.2) is 0 Å². The van der Waals surface area contributed by atoms with Crippen molar-refractivity contribution in [1.29, 1.82) is 0 Å². The number of hydrogen-bond acceptors (Lipinski definition) is 3. The van der Waals surface area contributed by atoms with Gasteiger partial charge in [0.1, 0.15) is 0 Å². The summed E-state index contributed by atoms with van der Waals surface area (Å²) in [5, 5.41) is 0.714. The van der Waals surface area contributed by atoms with Crippen LogP contribution in [0, 0.1) is 11.8 Å². The molecular formula is C19H26Cl2N2O3S. The standard InChI is InChI=1S/C19H26Cl2N2O3S/c1-14-4-3-9-22(12-14)19(24)15-7-10-23(11-8-15)27(25,26)13-16-17(20)5-2-6-18(16)21/h2,5-6,14-15H,3-4,7-13H2,1H3/t14-/m1/s1. The molecule has 0 unspecified atom stereocenters. The van der Waals surface area contributed by atoms with E-state index in [1.54, 1.807) is 18.2 Å². The molecule has 0 aromatic heterocycles. The lowest BCUT2D eigenvalue weighted by molar-refractivity contribution is -0.138. The number of nitrogens with zero attached hydrogens (tertiary/aromatic N) is 2. The van der Waals surface area contributed by atoms with Crippen LogP contribution in [-0.4, -0.2) is 49.7 Å². The monoisotopic (exact) mass is 432 g/mol. The number of benzene rings is 1. The van der Waals surface area contributed by atoms with Crippen molar-refractivity contribution in [2.24, 2.45) is 11.8 Å². The molecule has 2 heterocycles. The van der Waals surface area contributed by atoms with E-state index in [0.717, 1.165) is 19.5 Å². The van der Waals surface area contributed by atoms with Crippen LogP contribution in [0.3, 0.4) is 0 Å². The number of halogens is 2. The van der Waals surface area contributed by atoms with Crippen LogP contribution < -0.4 is 0 Å². The van der Waals surface area contributed by atoms with Crippen LogP contribution in [0.15, 0.2) is 18.2 Å². The lowest BCUT2D eigenvalue weighted by Crippen LogP contribution is -2.47. The molecule has 8 heteroatoms. The Morgan fingerprint density at radius 1 is 1.11 bits per heavy atom. The van der Waals surface area contributed by atoms with Gasteiger partial charge in [0.25, 0.3) is 0 Å². The van der Waals surface area contributed by atoms with Gasteiger partial charge in [0, 0.05) is 47.7 Å². The van der Waals surface area contributed by atoms with E-state index in [1.165, 1.54) is 10.7 Å². The van der Waals surface area contributed by atoms with Gasteiger partial charge in [-0.3, -0.25) is 4.79 Å². The highest BCUT2D eigenvalue weighted by atomic mass is 35.5. The number of carbonyl (C=O) groups excluding carboxylic acids is 1. The third-order valence-electron chi connectivity index (χ3n) is 5.55. The second kappa shape index (κ2) is 8.68. The van der Waals surface area contributed by atoms with Crippen LogP contribution in [0.4, 0.5) is 0 Å². The molecule has 2 fully saturated rings. The minimum atomic E-state index is -3.52. The van der Waals surface area contributed by atoms with E-state index in [9.17, 15) is 13.2 Å².